The van der Waals surface area contributed by atoms with Crippen LogP contribution in [-0.2, 0) is 9.53 Å². The molecular formula is C16H14Cl2N2O3. The number of benzene rings is 2. The molecule has 0 heterocycles. The van der Waals surface area contributed by atoms with E-state index in [0.717, 1.165) is 0 Å². The Morgan fingerprint density at radius 1 is 1.09 bits per heavy atom. The number of rotatable bonds is 5. The molecule has 2 aromatic carbocycles. The van der Waals surface area contributed by atoms with Crippen molar-refractivity contribution in [2.75, 3.05) is 24.3 Å². The molecule has 0 aliphatic carbocycles. The van der Waals surface area contributed by atoms with Gasteiger partial charge in [0.2, 0.25) is 5.91 Å². The molecule has 0 saturated heterocycles. The second-order valence-corrected chi connectivity index (χ2v) is 5.38. The standard InChI is InChI=1S/C16H14Cl2N2O3/c1-23-16(22)11-4-2-3-5-14(11)20-15(21)9-19-10-6-7-12(17)13(18)8-10/h2-8,19H,9H2,1H3,(H,20,21). The number of halogens is 2. The third-order valence-electron chi connectivity index (χ3n) is 2.98. The summed E-state index contributed by atoms with van der Waals surface area (Å²) in [5.41, 5.74) is 1.34. The molecule has 0 unspecified atom stereocenters. The monoisotopic (exact) mass is 352 g/mol. The Bertz CT molecular complexity index is 735. The number of carbonyl (C=O) groups excluding carboxylic acids is 2. The first-order valence-electron chi connectivity index (χ1n) is 6.67. The van der Waals surface area contributed by atoms with Crippen LogP contribution in [0.15, 0.2) is 42.5 Å². The van der Waals surface area contributed by atoms with Crippen molar-refractivity contribution in [3.05, 3.63) is 58.1 Å². The highest BCUT2D eigenvalue weighted by Crippen LogP contribution is 2.24. The Morgan fingerprint density at radius 3 is 2.52 bits per heavy atom. The summed E-state index contributed by atoms with van der Waals surface area (Å²) in [6.45, 7) is 0.00741. The maximum atomic E-state index is 12.0. The SMILES string of the molecule is COC(=O)c1ccccc1NC(=O)CNc1ccc(Cl)c(Cl)c1. The number of nitrogens with one attached hydrogen (secondary N) is 2. The molecule has 23 heavy (non-hydrogen) atoms. The quantitative estimate of drug-likeness (QED) is 0.802. The minimum atomic E-state index is -0.515. The Balaban J connectivity index is 2.00. The molecule has 0 radical (unpaired) electrons. The second kappa shape index (κ2) is 7.85. The van der Waals surface area contributed by atoms with Crippen LogP contribution < -0.4 is 10.6 Å². The lowest BCUT2D eigenvalue weighted by atomic mass is 10.2. The lowest BCUT2D eigenvalue weighted by Gasteiger charge is -2.11. The van der Waals surface area contributed by atoms with Gasteiger partial charge in [0.25, 0.3) is 0 Å². The van der Waals surface area contributed by atoms with Crippen molar-refractivity contribution in [2.45, 2.75) is 0 Å². The van der Waals surface area contributed by atoms with E-state index in [1.165, 1.54) is 7.11 Å². The Morgan fingerprint density at radius 2 is 1.83 bits per heavy atom. The third-order valence-corrected chi connectivity index (χ3v) is 3.72. The first kappa shape index (κ1) is 17.1. The average molecular weight is 353 g/mol. The van der Waals surface area contributed by atoms with Gasteiger partial charge in [0.15, 0.2) is 0 Å². The summed E-state index contributed by atoms with van der Waals surface area (Å²) >= 11 is 11.7. The van der Waals surface area contributed by atoms with Crippen LogP contribution in [0.25, 0.3) is 0 Å². The Hall–Kier alpha value is -2.24. The van der Waals surface area contributed by atoms with Crippen LogP contribution in [0, 0.1) is 0 Å². The molecule has 0 bridgehead atoms. The van der Waals surface area contributed by atoms with Gasteiger partial charge in [0.05, 0.1) is 35.0 Å². The Kier molecular flexibility index (Phi) is 5.84. The molecule has 5 nitrogen and oxygen atoms in total. The second-order valence-electron chi connectivity index (χ2n) is 4.57. The topological polar surface area (TPSA) is 67.4 Å². The van der Waals surface area contributed by atoms with E-state index in [1.807, 2.05) is 0 Å². The van der Waals surface area contributed by atoms with Gasteiger partial charge in [-0.25, -0.2) is 4.79 Å². The van der Waals surface area contributed by atoms with Crippen molar-refractivity contribution in [3.63, 3.8) is 0 Å². The zero-order valence-electron chi connectivity index (χ0n) is 12.2. The molecular weight excluding hydrogens is 339 g/mol. The van der Waals surface area contributed by atoms with Gasteiger partial charge in [-0.3, -0.25) is 4.79 Å². The lowest BCUT2D eigenvalue weighted by molar-refractivity contribution is -0.114. The van der Waals surface area contributed by atoms with Gasteiger partial charge in [0, 0.05) is 5.69 Å². The fourth-order valence-corrected chi connectivity index (χ4v) is 2.16. The highest BCUT2D eigenvalue weighted by Gasteiger charge is 2.13. The van der Waals surface area contributed by atoms with Crippen LogP contribution in [0.3, 0.4) is 0 Å². The number of carbonyl (C=O) groups is 2. The largest absolute Gasteiger partial charge is 0.465 e. The summed E-state index contributed by atoms with van der Waals surface area (Å²) in [7, 11) is 1.28. The predicted octanol–water partition coefficient (Wildman–Crippen LogP) is 3.83. The average Bonchev–Trinajstić information content (AvgIpc) is 2.55. The van der Waals surface area contributed by atoms with E-state index in [2.05, 4.69) is 15.4 Å². The molecule has 0 fully saturated rings. The van der Waals surface area contributed by atoms with Gasteiger partial charge < -0.3 is 15.4 Å². The van der Waals surface area contributed by atoms with Crippen LogP contribution in [-0.4, -0.2) is 25.5 Å². The molecule has 0 aliphatic heterocycles. The zero-order chi connectivity index (χ0) is 16.8. The molecule has 0 aliphatic rings. The number of hydrogen-bond acceptors (Lipinski definition) is 4. The molecule has 1 amide bonds. The number of amides is 1. The smallest absolute Gasteiger partial charge is 0.339 e. The summed E-state index contributed by atoms with van der Waals surface area (Å²) in [5, 5.41) is 6.42. The summed E-state index contributed by atoms with van der Waals surface area (Å²) < 4.78 is 4.68. The van der Waals surface area contributed by atoms with Gasteiger partial charge >= 0.3 is 5.97 Å². The van der Waals surface area contributed by atoms with E-state index in [1.54, 1.807) is 42.5 Å². The van der Waals surface area contributed by atoms with Crippen molar-refractivity contribution in [2.24, 2.45) is 0 Å². The van der Waals surface area contributed by atoms with E-state index >= 15 is 0 Å². The molecule has 2 N–H and O–H groups in total. The Labute approximate surface area is 143 Å². The molecule has 0 saturated carbocycles. The van der Waals surface area contributed by atoms with Crippen molar-refractivity contribution in [1.82, 2.24) is 0 Å². The molecule has 2 aromatic rings. The maximum Gasteiger partial charge on any atom is 0.339 e. The molecule has 2 rings (SSSR count). The van der Waals surface area contributed by atoms with Gasteiger partial charge in [-0.2, -0.15) is 0 Å². The van der Waals surface area contributed by atoms with Crippen molar-refractivity contribution in [1.29, 1.82) is 0 Å². The molecule has 0 spiro atoms. The lowest BCUT2D eigenvalue weighted by Crippen LogP contribution is -2.23. The van der Waals surface area contributed by atoms with Gasteiger partial charge in [0.1, 0.15) is 0 Å². The van der Waals surface area contributed by atoms with E-state index in [9.17, 15) is 9.59 Å². The first-order valence-corrected chi connectivity index (χ1v) is 7.43. The molecule has 0 atom stereocenters. The third kappa shape index (κ3) is 4.61. The van der Waals surface area contributed by atoms with E-state index in [-0.39, 0.29) is 18.0 Å². The molecule has 7 heteroatoms. The minimum Gasteiger partial charge on any atom is -0.465 e. The molecule has 120 valence electrons. The summed E-state index contributed by atoms with van der Waals surface area (Å²) in [5.74, 6) is -0.828. The van der Waals surface area contributed by atoms with Crippen molar-refractivity contribution in [3.8, 4) is 0 Å². The normalized spacial score (nSPS) is 10.0. The van der Waals surface area contributed by atoms with Gasteiger partial charge in [-0.1, -0.05) is 35.3 Å². The number of methoxy groups -OCH3 is 1. The molecule has 0 aromatic heterocycles. The van der Waals surface area contributed by atoms with Crippen LogP contribution in [0.4, 0.5) is 11.4 Å². The fourth-order valence-electron chi connectivity index (χ4n) is 1.86. The van der Waals surface area contributed by atoms with Crippen LogP contribution in [0.1, 0.15) is 10.4 Å². The van der Waals surface area contributed by atoms with Crippen LogP contribution in [0.2, 0.25) is 10.0 Å². The maximum absolute atomic E-state index is 12.0. The van der Waals surface area contributed by atoms with Gasteiger partial charge in [-0.05, 0) is 30.3 Å². The van der Waals surface area contributed by atoms with Crippen molar-refractivity contribution < 1.29 is 14.3 Å². The first-order chi connectivity index (χ1) is 11.0. The van der Waals surface area contributed by atoms with Crippen LogP contribution in [0.5, 0.6) is 0 Å². The highest BCUT2D eigenvalue weighted by atomic mass is 35.5. The highest BCUT2D eigenvalue weighted by molar-refractivity contribution is 6.42. The fraction of sp³-hybridized carbons (Fsp3) is 0.125. The van der Waals surface area contributed by atoms with E-state index in [4.69, 9.17) is 23.2 Å². The zero-order valence-corrected chi connectivity index (χ0v) is 13.7. The minimum absolute atomic E-state index is 0.00741. The van der Waals surface area contributed by atoms with Crippen molar-refractivity contribution >= 4 is 46.5 Å². The summed E-state index contributed by atoms with van der Waals surface area (Å²) in [6, 6.07) is 11.6. The number of esters is 1. The number of ether oxygens (including phenoxy) is 1. The predicted molar refractivity (Wildman–Crippen MR) is 91.4 cm³/mol. The number of hydrogen-bond donors (Lipinski definition) is 2. The number of para-hydroxylation sites is 1. The van der Waals surface area contributed by atoms with Crippen LogP contribution >= 0.6 is 23.2 Å². The van der Waals surface area contributed by atoms with E-state index in [0.29, 0.717) is 21.4 Å². The number of anilines is 2. The van der Waals surface area contributed by atoms with E-state index < -0.39 is 5.97 Å². The summed E-state index contributed by atoms with van der Waals surface area (Å²) in [6.07, 6.45) is 0. The summed E-state index contributed by atoms with van der Waals surface area (Å²) in [4.78, 5) is 23.7. The van der Waals surface area contributed by atoms with Gasteiger partial charge in [-0.15, -0.1) is 0 Å².